The fraction of sp³-hybridized carbons (Fsp3) is 0.706. The molecular formula is C17H30N4O9. The van der Waals surface area contributed by atoms with E-state index in [-0.39, 0.29) is 0 Å². The van der Waals surface area contributed by atoms with E-state index in [1.807, 2.05) is 0 Å². The van der Waals surface area contributed by atoms with Crippen LogP contribution in [0.25, 0.3) is 0 Å². The van der Waals surface area contributed by atoms with Crippen LogP contribution >= 0.6 is 0 Å². The Morgan fingerprint density at radius 2 is 1.40 bits per heavy atom. The molecule has 0 saturated heterocycles. The summed E-state index contributed by atoms with van der Waals surface area (Å²) >= 11 is 0. The van der Waals surface area contributed by atoms with E-state index in [0.717, 1.165) is 0 Å². The maximum atomic E-state index is 12.4. The van der Waals surface area contributed by atoms with Gasteiger partial charge in [0.2, 0.25) is 17.7 Å². The van der Waals surface area contributed by atoms with E-state index >= 15 is 0 Å². The molecule has 0 aliphatic heterocycles. The minimum Gasteiger partial charge on any atom is -0.481 e. The number of rotatable bonds is 13. The van der Waals surface area contributed by atoms with E-state index in [1.54, 1.807) is 13.8 Å². The zero-order valence-electron chi connectivity index (χ0n) is 17.0. The molecular weight excluding hydrogens is 404 g/mol. The molecule has 30 heavy (non-hydrogen) atoms. The Balaban J connectivity index is 5.36. The largest absolute Gasteiger partial charge is 0.481 e. The molecule has 0 aliphatic carbocycles. The van der Waals surface area contributed by atoms with Gasteiger partial charge in [-0.2, -0.15) is 0 Å². The van der Waals surface area contributed by atoms with Gasteiger partial charge in [-0.3, -0.25) is 19.2 Å². The van der Waals surface area contributed by atoms with Crippen molar-refractivity contribution in [2.45, 2.75) is 63.9 Å². The molecule has 3 amide bonds. The Morgan fingerprint density at radius 3 is 1.80 bits per heavy atom. The van der Waals surface area contributed by atoms with Gasteiger partial charge in [-0.15, -0.1) is 0 Å². The molecule has 0 aromatic heterocycles. The molecule has 13 nitrogen and oxygen atoms in total. The van der Waals surface area contributed by atoms with Crippen LogP contribution in [0.1, 0.15) is 33.6 Å². The second-order valence-corrected chi connectivity index (χ2v) is 6.88. The molecule has 172 valence electrons. The van der Waals surface area contributed by atoms with Gasteiger partial charge in [0, 0.05) is 0 Å². The molecule has 6 atom stereocenters. The third-order valence-electron chi connectivity index (χ3n) is 4.43. The van der Waals surface area contributed by atoms with Crippen molar-refractivity contribution in [1.29, 1.82) is 0 Å². The molecule has 0 rings (SSSR count). The summed E-state index contributed by atoms with van der Waals surface area (Å²) in [6, 6.07) is -5.96. The van der Waals surface area contributed by atoms with Crippen LogP contribution in [0.3, 0.4) is 0 Å². The van der Waals surface area contributed by atoms with Crippen molar-refractivity contribution in [1.82, 2.24) is 16.0 Å². The number of aliphatic carboxylic acids is 2. The highest BCUT2D eigenvalue weighted by molar-refractivity contribution is 5.95. The van der Waals surface area contributed by atoms with Crippen LogP contribution in [0, 0.1) is 5.92 Å². The standard InChI is InChI=1S/C17H30N4O9/c1-4-7(2)13(17(29)30)21-14(26)9(5-11(24)25)19-15(27)10(6-22)20-16(28)12(18)8(3)23/h7-10,12-13,22-23H,4-6,18H2,1-3H3,(H,19,27)(H,20,28)(H,21,26)(H,24,25)(H,29,30). The highest BCUT2D eigenvalue weighted by Crippen LogP contribution is 2.09. The van der Waals surface area contributed by atoms with Gasteiger partial charge in [-0.05, 0) is 12.8 Å². The average Bonchev–Trinajstić information content (AvgIpc) is 2.66. The molecule has 6 unspecified atom stereocenters. The van der Waals surface area contributed by atoms with Crippen LogP contribution in [0.2, 0.25) is 0 Å². The predicted molar refractivity (Wildman–Crippen MR) is 102 cm³/mol. The SMILES string of the molecule is CCC(C)C(NC(=O)C(CC(=O)O)NC(=O)C(CO)NC(=O)C(N)C(C)O)C(=O)O. The van der Waals surface area contributed by atoms with E-state index in [9.17, 15) is 39.3 Å². The summed E-state index contributed by atoms with van der Waals surface area (Å²) in [4.78, 5) is 59.1. The van der Waals surface area contributed by atoms with Crippen LogP contribution in [0.15, 0.2) is 0 Å². The molecule has 0 radical (unpaired) electrons. The Bertz CT molecular complexity index is 641. The summed E-state index contributed by atoms with van der Waals surface area (Å²) in [6.07, 6.45) is -1.70. The molecule has 0 aromatic carbocycles. The van der Waals surface area contributed by atoms with Crippen molar-refractivity contribution >= 4 is 29.7 Å². The Labute approximate surface area is 173 Å². The number of nitrogens with two attached hydrogens (primary N) is 1. The number of carbonyl (C=O) groups is 5. The molecule has 0 fully saturated rings. The van der Waals surface area contributed by atoms with Crippen molar-refractivity contribution < 1.29 is 44.4 Å². The number of aliphatic hydroxyl groups is 2. The lowest BCUT2D eigenvalue weighted by Gasteiger charge is -2.25. The molecule has 0 saturated carbocycles. The van der Waals surface area contributed by atoms with Crippen molar-refractivity contribution in [3.63, 3.8) is 0 Å². The maximum absolute atomic E-state index is 12.4. The van der Waals surface area contributed by atoms with Crippen LogP contribution in [0.5, 0.6) is 0 Å². The van der Waals surface area contributed by atoms with E-state index < -0.39 is 78.9 Å². The van der Waals surface area contributed by atoms with Gasteiger partial charge >= 0.3 is 11.9 Å². The minimum absolute atomic E-state index is 0.412. The lowest BCUT2D eigenvalue weighted by atomic mass is 9.98. The number of amides is 3. The fourth-order valence-electron chi connectivity index (χ4n) is 2.27. The van der Waals surface area contributed by atoms with E-state index in [2.05, 4.69) is 16.0 Å². The van der Waals surface area contributed by atoms with Crippen molar-refractivity contribution in [3.05, 3.63) is 0 Å². The van der Waals surface area contributed by atoms with Gasteiger partial charge in [0.15, 0.2) is 0 Å². The van der Waals surface area contributed by atoms with Gasteiger partial charge < -0.3 is 42.1 Å². The number of carboxylic acids is 2. The first-order valence-electron chi connectivity index (χ1n) is 9.25. The Kier molecular flexibility index (Phi) is 11.5. The first kappa shape index (κ1) is 27.2. The minimum atomic E-state index is -1.67. The van der Waals surface area contributed by atoms with Crippen molar-refractivity contribution in [3.8, 4) is 0 Å². The van der Waals surface area contributed by atoms with E-state index in [4.69, 9.17) is 10.8 Å². The summed E-state index contributed by atoms with van der Waals surface area (Å²) in [5, 5.41) is 43.3. The molecule has 0 heterocycles. The van der Waals surface area contributed by atoms with E-state index in [1.165, 1.54) is 6.92 Å². The predicted octanol–water partition coefficient (Wildman–Crippen LogP) is -3.25. The van der Waals surface area contributed by atoms with Crippen molar-refractivity contribution in [2.24, 2.45) is 11.7 Å². The number of hydrogen-bond acceptors (Lipinski definition) is 8. The number of aliphatic hydroxyl groups excluding tert-OH is 2. The number of carbonyl (C=O) groups excluding carboxylic acids is 3. The van der Waals surface area contributed by atoms with Crippen LogP contribution in [0.4, 0.5) is 0 Å². The Morgan fingerprint density at radius 1 is 0.900 bits per heavy atom. The smallest absolute Gasteiger partial charge is 0.326 e. The van der Waals surface area contributed by atoms with Gasteiger partial charge in [0.1, 0.15) is 24.2 Å². The van der Waals surface area contributed by atoms with Gasteiger partial charge in [-0.1, -0.05) is 20.3 Å². The summed E-state index contributed by atoms with van der Waals surface area (Å²) in [5.74, 6) is -6.36. The van der Waals surface area contributed by atoms with Crippen LogP contribution in [-0.2, 0) is 24.0 Å². The molecule has 0 bridgehead atoms. The maximum Gasteiger partial charge on any atom is 0.326 e. The topological polar surface area (TPSA) is 228 Å². The van der Waals surface area contributed by atoms with Crippen molar-refractivity contribution in [2.75, 3.05) is 6.61 Å². The highest BCUT2D eigenvalue weighted by Gasteiger charge is 2.33. The molecule has 9 N–H and O–H groups in total. The Hall–Kier alpha value is -2.77. The number of carboxylic acid groups (broad SMARTS) is 2. The fourth-order valence-corrected chi connectivity index (χ4v) is 2.27. The van der Waals surface area contributed by atoms with E-state index in [0.29, 0.717) is 6.42 Å². The first-order valence-corrected chi connectivity index (χ1v) is 9.25. The first-order chi connectivity index (χ1) is 13.8. The number of nitrogens with one attached hydrogen (secondary N) is 3. The normalized spacial score (nSPS) is 16.9. The molecule has 0 spiro atoms. The molecule has 0 aliphatic rings. The molecule has 13 heteroatoms. The third-order valence-corrected chi connectivity index (χ3v) is 4.43. The van der Waals surface area contributed by atoms with Gasteiger partial charge in [0.05, 0.1) is 19.1 Å². The monoisotopic (exact) mass is 434 g/mol. The van der Waals surface area contributed by atoms with Gasteiger partial charge in [-0.25, -0.2) is 4.79 Å². The average molecular weight is 434 g/mol. The summed E-state index contributed by atoms with van der Waals surface area (Å²) in [5.41, 5.74) is 5.43. The lowest BCUT2D eigenvalue weighted by Crippen LogP contribution is -2.59. The third kappa shape index (κ3) is 8.71. The van der Waals surface area contributed by atoms with Crippen LogP contribution in [-0.4, -0.2) is 87.0 Å². The summed E-state index contributed by atoms with van der Waals surface area (Å²) in [6.45, 7) is 3.61. The summed E-state index contributed by atoms with van der Waals surface area (Å²) in [7, 11) is 0. The summed E-state index contributed by atoms with van der Waals surface area (Å²) < 4.78 is 0. The number of hydrogen-bond donors (Lipinski definition) is 8. The molecule has 0 aromatic rings. The zero-order valence-corrected chi connectivity index (χ0v) is 17.0. The second kappa shape index (κ2) is 12.7. The lowest BCUT2D eigenvalue weighted by molar-refractivity contribution is -0.145. The van der Waals surface area contributed by atoms with Gasteiger partial charge in [0.25, 0.3) is 0 Å². The quantitative estimate of drug-likeness (QED) is 0.144. The van der Waals surface area contributed by atoms with Crippen LogP contribution < -0.4 is 21.7 Å². The second-order valence-electron chi connectivity index (χ2n) is 6.88. The zero-order chi connectivity index (χ0) is 23.6. The highest BCUT2D eigenvalue weighted by atomic mass is 16.4.